The van der Waals surface area contributed by atoms with Gasteiger partial charge in [0.15, 0.2) is 0 Å². The van der Waals surface area contributed by atoms with Crippen LogP contribution >= 0.6 is 11.6 Å². The monoisotopic (exact) mass is 511 g/mol. The Kier molecular flexibility index (Phi) is 5.55. The Bertz CT molecular complexity index is 1720. The quantitative estimate of drug-likeness (QED) is 0.299. The SMILES string of the molecule is Cc1nc2ccc(-c3c(N(C)C)c4ccc(C(F)(F)F)nc4n(-c4ccccc4Cl)c3=O)cc2n1C. The molecule has 3 heterocycles. The molecule has 0 atom stereocenters. The van der Waals surface area contributed by atoms with E-state index in [0.717, 1.165) is 27.5 Å². The molecule has 3 aromatic heterocycles. The number of rotatable bonds is 3. The minimum Gasteiger partial charge on any atom is -0.376 e. The van der Waals surface area contributed by atoms with Crippen LogP contribution in [0.5, 0.6) is 0 Å². The van der Waals surface area contributed by atoms with Gasteiger partial charge in [-0.1, -0.05) is 29.8 Å². The first kappa shape index (κ1) is 23.9. The third kappa shape index (κ3) is 3.71. The summed E-state index contributed by atoms with van der Waals surface area (Å²) in [6.07, 6.45) is -4.69. The molecular formula is C26H21ClF3N5O. The maximum atomic E-state index is 14.2. The van der Waals surface area contributed by atoms with Gasteiger partial charge in [-0.15, -0.1) is 0 Å². The van der Waals surface area contributed by atoms with Gasteiger partial charge in [0.2, 0.25) is 0 Å². The second-order valence-corrected chi connectivity index (χ2v) is 9.10. The number of benzene rings is 2. The molecule has 36 heavy (non-hydrogen) atoms. The van der Waals surface area contributed by atoms with Gasteiger partial charge in [-0.3, -0.25) is 9.36 Å². The second kappa shape index (κ2) is 8.37. The number of alkyl halides is 3. The number of aryl methyl sites for hydroxylation is 2. The molecule has 0 saturated carbocycles. The van der Waals surface area contributed by atoms with Crippen molar-refractivity contribution in [3.05, 3.63) is 81.5 Å². The van der Waals surface area contributed by atoms with E-state index in [-0.39, 0.29) is 16.4 Å². The Hall–Kier alpha value is -3.85. The van der Waals surface area contributed by atoms with E-state index in [1.165, 1.54) is 6.07 Å². The van der Waals surface area contributed by atoms with E-state index in [0.29, 0.717) is 22.2 Å². The van der Waals surface area contributed by atoms with Gasteiger partial charge in [-0.2, -0.15) is 13.2 Å². The first-order valence-corrected chi connectivity index (χ1v) is 11.4. The minimum atomic E-state index is -4.69. The molecule has 10 heteroatoms. The van der Waals surface area contributed by atoms with Crippen LogP contribution in [0.4, 0.5) is 18.9 Å². The Morgan fingerprint density at radius 3 is 2.39 bits per heavy atom. The fraction of sp³-hybridized carbons (Fsp3) is 0.192. The van der Waals surface area contributed by atoms with E-state index in [4.69, 9.17) is 11.6 Å². The molecular weight excluding hydrogens is 491 g/mol. The number of para-hydroxylation sites is 1. The van der Waals surface area contributed by atoms with E-state index >= 15 is 0 Å². The van der Waals surface area contributed by atoms with E-state index in [1.54, 1.807) is 49.3 Å². The molecule has 0 aliphatic rings. The van der Waals surface area contributed by atoms with Crippen molar-refractivity contribution in [1.29, 1.82) is 0 Å². The number of imidazole rings is 1. The fourth-order valence-corrected chi connectivity index (χ4v) is 4.67. The van der Waals surface area contributed by atoms with Crippen LogP contribution in [-0.4, -0.2) is 33.2 Å². The van der Waals surface area contributed by atoms with E-state index in [9.17, 15) is 18.0 Å². The average molecular weight is 512 g/mol. The molecule has 0 aliphatic heterocycles. The average Bonchev–Trinajstić information content (AvgIpc) is 3.11. The third-order valence-electron chi connectivity index (χ3n) is 6.22. The molecule has 0 radical (unpaired) electrons. The van der Waals surface area contributed by atoms with Gasteiger partial charge >= 0.3 is 6.18 Å². The Labute approximate surface area is 209 Å². The fourth-order valence-electron chi connectivity index (χ4n) is 4.45. The number of nitrogens with zero attached hydrogens (tertiary/aromatic N) is 5. The van der Waals surface area contributed by atoms with Crippen LogP contribution in [0.25, 0.3) is 38.9 Å². The summed E-state index contributed by atoms with van der Waals surface area (Å²) in [6.45, 7) is 1.88. The summed E-state index contributed by atoms with van der Waals surface area (Å²) >= 11 is 6.43. The first-order chi connectivity index (χ1) is 17.0. The van der Waals surface area contributed by atoms with Gasteiger partial charge in [-0.25, -0.2) is 9.97 Å². The molecule has 0 saturated heterocycles. The maximum absolute atomic E-state index is 14.2. The van der Waals surface area contributed by atoms with Crippen molar-refractivity contribution in [2.45, 2.75) is 13.1 Å². The van der Waals surface area contributed by atoms with Crippen LogP contribution in [0, 0.1) is 6.92 Å². The summed E-state index contributed by atoms with van der Waals surface area (Å²) < 4.78 is 44.0. The number of aromatic nitrogens is 4. The summed E-state index contributed by atoms with van der Waals surface area (Å²) in [5.41, 5.74) is 1.44. The number of hydrogen-bond acceptors (Lipinski definition) is 4. The molecule has 5 aromatic rings. The lowest BCUT2D eigenvalue weighted by Gasteiger charge is -2.23. The molecule has 0 N–H and O–H groups in total. The van der Waals surface area contributed by atoms with Crippen LogP contribution in [0.3, 0.4) is 0 Å². The standard InChI is InChI=1S/C26H21ClF3N5O/c1-14-31-18-11-9-15(13-20(18)34(14)4)22-23(33(2)3)16-10-12-21(26(28,29)30)32-24(16)35(25(22)36)19-8-6-5-7-17(19)27/h5-13H,1-4H3. The Morgan fingerprint density at radius 1 is 1.00 bits per heavy atom. The van der Waals surface area contributed by atoms with Crippen LogP contribution in [0.1, 0.15) is 11.5 Å². The van der Waals surface area contributed by atoms with Gasteiger partial charge in [0.25, 0.3) is 5.56 Å². The van der Waals surface area contributed by atoms with Crippen molar-refractivity contribution in [3.8, 4) is 16.8 Å². The number of pyridine rings is 2. The largest absolute Gasteiger partial charge is 0.433 e. The highest BCUT2D eigenvalue weighted by Gasteiger charge is 2.34. The zero-order valence-electron chi connectivity index (χ0n) is 19.9. The lowest BCUT2D eigenvalue weighted by atomic mass is 10.0. The van der Waals surface area contributed by atoms with Crippen molar-refractivity contribution in [2.75, 3.05) is 19.0 Å². The lowest BCUT2D eigenvalue weighted by Crippen LogP contribution is -2.26. The predicted molar refractivity (Wildman–Crippen MR) is 136 cm³/mol. The second-order valence-electron chi connectivity index (χ2n) is 8.70. The van der Waals surface area contributed by atoms with E-state index in [1.807, 2.05) is 30.7 Å². The molecule has 2 aromatic carbocycles. The van der Waals surface area contributed by atoms with Crippen molar-refractivity contribution >= 4 is 39.4 Å². The summed E-state index contributed by atoms with van der Waals surface area (Å²) in [6, 6.07) is 14.3. The van der Waals surface area contributed by atoms with Gasteiger partial charge < -0.3 is 9.47 Å². The minimum absolute atomic E-state index is 0.132. The topological polar surface area (TPSA) is 56.0 Å². The molecule has 6 nitrogen and oxygen atoms in total. The maximum Gasteiger partial charge on any atom is 0.433 e. The van der Waals surface area contributed by atoms with Gasteiger partial charge in [-0.05, 0) is 48.9 Å². The summed E-state index contributed by atoms with van der Waals surface area (Å²) in [7, 11) is 5.36. The summed E-state index contributed by atoms with van der Waals surface area (Å²) in [4.78, 5) is 24.3. The van der Waals surface area contributed by atoms with Crippen molar-refractivity contribution in [2.24, 2.45) is 7.05 Å². The van der Waals surface area contributed by atoms with Crippen LogP contribution in [0.15, 0.2) is 59.4 Å². The molecule has 0 bridgehead atoms. The third-order valence-corrected chi connectivity index (χ3v) is 6.54. The van der Waals surface area contributed by atoms with Gasteiger partial charge in [0.1, 0.15) is 17.2 Å². The highest BCUT2D eigenvalue weighted by molar-refractivity contribution is 6.32. The van der Waals surface area contributed by atoms with Crippen LogP contribution in [0.2, 0.25) is 5.02 Å². The molecule has 0 amide bonds. The zero-order chi connectivity index (χ0) is 25.9. The van der Waals surface area contributed by atoms with Crippen molar-refractivity contribution in [1.82, 2.24) is 19.1 Å². The number of fused-ring (bicyclic) bond motifs is 2. The Morgan fingerprint density at radius 2 is 1.72 bits per heavy atom. The predicted octanol–water partition coefficient (Wildman–Crippen LogP) is 5.99. The van der Waals surface area contributed by atoms with Crippen LogP contribution in [-0.2, 0) is 13.2 Å². The molecule has 0 aliphatic carbocycles. The van der Waals surface area contributed by atoms with Crippen molar-refractivity contribution < 1.29 is 13.2 Å². The molecule has 0 fully saturated rings. The van der Waals surface area contributed by atoms with E-state index < -0.39 is 17.4 Å². The molecule has 184 valence electrons. The normalized spacial score (nSPS) is 12.0. The molecule has 0 unspecified atom stereocenters. The van der Waals surface area contributed by atoms with Crippen molar-refractivity contribution in [3.63, 3.8) is 0 Å². The lowest BCUT2D eigenvalue weighted by molar-refractivity contribution is -0.141. The van der Waals surface area contributed by atoms with E-state index in [2.05, 4.69) is 9.97 Å². The summed E-state index contributed by atoms with van der Waals surface area (Å²) in [5, 5.41) is 0.588. The molecule has 0 spiro atoms. The smallest absolute Gasteiger partial charge is 0.376 e. The highest BCUT2D eigenvalue weighted by atomic mass is 35.5. The summed E-state index contributed by atoms with van der Waals surface area (Å²) in [5.74, 6) is 0.811. The highest BCUT2D eigenvalue weighted by Crippen LogP contribution is 2.38. The zero-order valence-corrected chi connectivity index (χ0v) is 20.6. The number of halogens is 4. The Balaban J connectivity index is 1.98. The van der Waals surface area contributed by atoms with Crippen LogP contribution < -0.4 is 10.5 Å². The molecule has 5 rings (SSSR count). The van der Waals surface area contributed by atoms with Gasteiger partial charge in [0, 0.05) is 26.5 Å². The number of hydrogen-bond donors (Lipinski definition) is 0. The van der Waals surface area contributed by atoms with Gasteiger partial charge in [0.05, 0.1) is 33.0 Å². The number of anilines is 1. The first-order valence-electron chi connectivity index (χ1n) is 11.0.